The number of aliphatic hydroxyl groups excluding tert-OH is 1. The van der Waals surface area contributed by atoms with Gasteiger partial charge in [0, 0.05) is 19.5 Å². The molecule has 1 heterocycles. The lowest BCUT2D eigenvalue weighted by molar-refractivity contribution is 0.106. The fourth-order valence-corrected chi connectivity index (χ4v) is 1.86. The topological polar surface area (TPSA) is 63.9 Å². The first-order valence-electron chi connectivity index (χ1n) is 6.96. The lowest BCUT2D eigenvalue weighted by Gasteiger charge is -2.13. The molecule has 1 aromatic carbocycles. The Hall–Kier alpha value is -1.98. The predicted molar refractivity (Wildman–Crippen MR) is 79.8 cm³/mol. The van der Waals surface area contributed by atoms with E-state index >= 15 is 0 Å². The van der Waals surface area contributed by atoms with Gasteiger partial charge in [0.05, 0.1) is 13.4 Å². The highest BCUT2D eigenvalue weighted by Gasteiger charge is 2.05. The second-order valence-corrected chi connectivity index (χ2v) is 4.67. The average molecular weight is 291 g/mol. The highest BCUT2D eigenvalue weighted by Crippen LogP contribution is 2.16. The molecule has 1 aromatic heterocycles. The van der Waals surface area contributed by atoms with Crippen molar-refractivity contribution in [3.63, 3.8) is 0 Å². The zero-order valence-electron chi connectivity index (χ0n) is 12.1. The smallest absolute Gasteiger partial charge is 0.119 e. The number of rotatable bonds is 9. The van der Waals surface area contributed by atoms with Crippen molar-refractivity contribution in [2.24, 2.45) is 0 Å². The number of hydrogen-bond acceptors (Lipinski definition) is 5. The van der Waals surface area contributed by atoms with Gasteiger partial charge in [0.25, 0.3) is 0 Å². The largest absolute Gasteiger partial charge is 0.497 e. The van der Waals surface area contributed by atoms with E-state index in [4.69, 9.17) is 13.9 Å². The Kier molecular flexibility index (Phi) is 6.12. The number of aliphatic hydroxyl groups is 1. The number of furan rings is 1. The molecule has 0 saturated heterocycles. The molecule has 2 N–H and O–H groups in total. The Bertz CT molecular complexity index is 496. The maximum atomic E-state index is 9.83. The van der Waals surface area contributed by atoms with E-state index in [9.17, 15) is 5.11 Å². The van der Waals surface area contributed by atoms with Gasteiger partial charge in [-0.1, -0.05) is 0 Å². The molecule has 0 aliphatic rings. The number of nitrogens with one attached hydrogen (secondary N) is 1. The molecular formula is C16H21NO4. The molecule has 0 radical (unpaired) electrons. The van der Waals surface area contributed by atoms with Crippen molar-refractivity contribution >= 4 is 0 Å². The summed E-state index contributed by atoms with van der Waals surface area (Å²) in [6.45, 7) is 1.49. The summed E-state index contributed by atoms with van der Waals surface area (Å²) in [6.07, 6.45) is 1.91. The van der Waals surface area contributed by atoms with Crippen molar-refractivity contribution < 1.29 is 19.0 Å². The standard InChI is InChI=1S/C16H21NO4/c1-19-14-4-6-16(7-5-14)21-12-13(18)11-17-9-8-15-3-2-10-20-15/h2-7,10,13,17-18H,8-9,11-12H2,1H3. The van der Waals surface area contributed by atoms with Crippen LogP contribution in [0, 0.1) is 0 Å². The SMILES string of the molecule is COc1ccc(OCC(O)CNCCc2ccco2)cc1. The fraction of sp³-hybridized carbons (Fsp3) is 0.375. The van der Waals surface area contributed by atoms with Gasteiger partial charge in [-0.3, -0.25) is 0 Å². The summed E-state index contributed by atoms with van der Waals surface area (Å²) in [6, 6.07) is 11.1. The molecule has 0 amide bonds. The van der Waals surface area contributed by atoms with Gasteiger partial charge in [-0.25, -0.2) is 0 Å². The Labute approximate surface area is 124 Å². The quantitative estimate of drug-likeness (QED) is 0.690. The van der Waals surface area contributed by atoms with Gasteiger partial charge in [0.2, 0.25) is 0 Å². The Morgan fingerprint density at radius 2 is 1.95 bits per heavy atom. The Morgan fingerprint density at radius 1 is 1.19 bits per heavy atom. The summed E-state index contributed by atoms with van der Waals surface area (Å²) in [7, 11) is 1.62. The first-order valence-corrected chi connectivity index (χ1v) is 6.96. The first-order chi connectivity index (χ1) is 10.3. The van der Waals surface area contributed by atoms with Crippen molar-refractivity contribution in [3.05, 3.63) is 48.4 Å². The summed E-state index contributed by atoms with van der Waals surface area (Å²) in [4.78, 5) is 0. The van der Waals surface area contributed by atoms with E-state index in [0.717, 1.165) is 24.5 Å². The van der Waals surface area contributed by atoms with E-state index in [1.165, 1.54) is 0 Å². The van der Waals surface area contributed by atoms with Gasteiger partial charge >= 0.3 is 0 Å². The second kappa shape index (κ2) is 8.34. The van der Waals surface area contributed by atoms with Crippen LogP contribution in [0.3, 0.4) is 0 Å². The minimum absolute atomic E-state index is 0.250. The van der Waals surface area contributed by atoms with E-state index in [0.29, 0.717) is 12.3 Å². The summed E-state index contributed by atoms with van der Waals surface area (Å²) in [5.41, 5.74) is 0. The normalized spacial score (nSPS) is 12.1. The number of methoxy groups -OCH3 is 1. The molecule has 0 aliphatic heterocycles. The zero-order chi connectivity index (χ0) is 14.9. The van der Waals surface area contributed by atoms with Crippen LogP contribution in [0.15, 0.2) is 47.1 Å². The van der Waals surface area contributed by atoms with Gasteiger partial charge in [-0.15, -0.1) is 0 Å². The third-order valence-electron chi connectivity index (χ3n) is 3.01. The fourth-order valence-electron chi connectivity index (χ4n) is 1.86. The minimum atomic E-state index is -0.552. The first kappa shape index (κ1) is 15.4. The van der Waals surface area contributed by atoms with Crippen LogP contribution in [0.1, 0.15) is 5.76 Å². The van der Waals surface area contributed by atoms with Crippen LogP contribution in [0.2, 0.25) is 0 Å². The van der Waals surface area contributed by atoms with Crippen LogP contribution in [-0.2, 0) is 6.42 Å². The molecule has 1 unspecified atom stereocenters. The van der Waals surface area contributed by atoms with E-state index in [-0.39, 0.29) is 6.61 Å². The van der Waals surface area contributed by atoms with Crippen LogP contribution >= 0.6 is 0 Å². The van der Waals surface area contributed by atoms with Crippen LogP contribution < -0.4 is 14.8 Å². The lowest BCUT2D eigenvalue weighted by atomic mass is 10.3. The van der Waals surface area contributed by atoms with Gasteiger partial charge < -0.3 is 24.3 Å². The van der Waals surface area contributed by atoms with Crippen LogP contribution in [0.25, 0.3) is 0 Å². The number of ether oxygens (including phenoxy) is 2. The lowest BCUT2D eigenvalue weighted by Crippen LogP contribution is -2.32. The Morgan fingerprint density at radius 3 is 2.62 bits per heavy atom. The Balaban J connectivity index is 1.59. The molecule has 114 valence electrons. The van der Waals surface area contributed by atoms with E-state index < -0.39 is 6.10 Å². The predicted octanol–water partition coefficient (Wildman–Crippen LogP) is 1.86. The molecule has 5 heteroatoms. The van der Waals surface area contributed by atoms with Crippen LogP contribution in [0.5, 0.6) is 11.5 Å². The zero-order valence-corrected chi connectivity index (χ0v) is 12.1. The maximum absolute atomic E-state index is 9.83. The summed E-state index contributed by atoms with van der Waals surface area (Å²) in [5, 5.41) is 13.0. The van der Waals surface area contributed by atoms with Crippen LogP contribution in [-0.4, -0.2) is 38.0 Å². The summed E-state index contributed by atoms with van der Waals surface area (Å²) < 4.78 is 15.8. The van der Waals surface area contributed by atoms with E-state index in [2.05, 4.69) is 5.32 Å². The highest BCUT2D eigenvalue weighted by atomic mass is 16.5. The van der Waals surface area contributed by atoms with Gasteiger partial charge in [-0.2, -0.15) is 0 Å². The van der Waals surface area contributed by atoms with Crippen molar-refractivity contribution in [3.8, 4) is 11.5 Å². The number of hydrogen-bond donors (Lipinski definition) is 2. The summed E-state index contributed by atoms with van der Waals surface area (Å²) in [5.74, 6) is 2.43. The summed E-state index contributed by atoms with van der Waals surface area (Å²) >= 11 is 0. The molecule has 0 aliphatic carbocycles. The van der Waals surface area contributed by atoms with Gasteiger partial charge in [-0.05, 0) is 36.4 Å². The monoisotopic (exact) mass is 291 g/mol. The minimum Gasteiger partial charge on any atom is -0.497 e. The van der Waals surface area contributed by atoms with E-state index in [1.807, 2.05) is 36.4 Å². The molecule has 1 atom stereocenters. The van der Waals surface area contributed by atoms with Crippen LogP contribution in [0.4, 0.5) is 0 Å². The molecule has 0 saturated carbocycles. The third-order valence-corrected chi connectivity index (χ3v) is 3.01. The average Bonchev–Trinajstić information content (AvgIpc) is 3.03. The van der Waals surface area contributed by atoms with Crippen molar-refractivity contribution in [2.45, 2.75) is 12.5 Å². The molecule has 0 spiro atoms. The highest BCUT2D eigenvalue weighted by molar-refractivity contribution is 5.31. The molecule has 2 aromatic rings. The maximum Gasteiger partial charge on any atom is 0.119 e. The van der Waals surface area contributed by atoms with Crippen molar-refractivity contribution in [1.82, 2.24) is 5.32 Å². The second-order valence-electron chi connectivity index (χ2n) is 4.67. The molecule has 5 nitrogen and oxygen atoms in total. The number of benzene rings is 1. The molecule has 2 rings (SSSR count). The van der Waals surface area contributed by atoms with Crippen molar-refractivity contribution in [1.29, 1.82) is 0 Å². The van der Waals surface area contributed by atoms with Crippen molar-refractivity contribution in [2.75, 3.05) is 26.8 Å². The molecular weight excluding hydrogens is 270 g/mol. The van der Waals surface area contributed by atoms with E-state index in [1.54, 1.807) is 13.4 Å². The molecule has 0 bridgehead atoms. The molecule has 21 heavy (non-hydrogen) atoms. The third kappa shape index (κ3) is 5.49. The molecule has 0 fully saturated rings. The van der Waals surface area contributed by atoms with Gasteiger partial charge in [0.1, 0.15) is 30.0 Å². The van der Waals surface area contributed by atoms with Gasteiger partial charge in [0.15, 0.2) is 0 Å².